The maximum Gasteiger partial charge on any atom is 0.148 e. The Bertz CT molecular complexity index is 508. The van der Waals surface area contributed by atoms with Crippen LogP contribution in [-0.4, -0.2) is 30.4 Å². The van der Waals surface area contributed by atoms with Crippen molar-refractivity contribution in [3.05, 3.63) is 28.8 Å². The van der Waals surface area contributed by atoms with E-state index in [2.05, 4.69) is 0 Å². The van der Waals surface area contributed by atoms with Gasteiger partial charge in [0.2, 0.25) is 0 Å². The third kappa shape index (κ3) is 5.06. The third-order valence-electron chi connectivity index (χ3n) is 2.14. The summed E-state index contributed by atoms with van der Waals surface area (Å²) in [7, 11) is -4.37. The number of nitrogens with two attached hydrogens (primary N) is 1. The first kappa shape index (κ1) is 14.5. The number of benzene rings is 1. The summed E-state index contributed by atoms with van der Waals surface area (Å²) in [5.74, 6) is 0.189. The Morgan fingerprint density at radius 2 is 2.06 bits per heavy atom. The van der Waals surface area contributed by atoms with Crippen LogP contribution in [-0.2, 0) is 26.4 Å². The molecule has 96 valence electrons. The largest absolute Gasteiger partial charge is 0.398 e. The summed E-state index contributed by atoms with van der Waals surface area (Å²) in [4.78, 5) is 0. The van der Waals surface area contributed by atoms with Crippen LogP contribution in [0.3, 0.4) is 0 Å². The van der Waals surface area contributed by atoms with E-state index in [0.717, 1.165) is 6.26 Å². The highest BCUT2D eigenvalue weighted by molar-refractivity contribution is 7.92. The Kier molecular flexibility index (Phi) is 4.97. The lowest BCUT2D eigenvalue weighted by atomic mass is 10.2. The summed E-state index contributed by atoms with van der Waals surface area (Å²) in [6.45, 7) is 0. The smallest absolute Gasteiger partial charge is 0.148 e. The monoisotopic (exact) mass is 295 g/mol. The van der Waals surface area contributed by atoms with Gasteiger partial charge >= 0.3 is 0 Å². The van der Waals surface area contributed by atoms with E-state index in [1.165, 1.54) is 0 Å². The van der Waals surface area contributed by atoms with E-state index in [1.54, 1.807) is 18.2 Å². The molecule has 0 heterocycles. The molecule has 0 bridgehead atoms. The van der Waals surface area contributed by atoms with Crippen molar-refractivity contribution in [2.75, 3.05) is 23.5 Å². The minimum absolute atomic E-state index is 0.0933. The average Bonchev–Trinajstić information content (AvgIpc) is 2.20. The molecule has 0 aliphatic heterocycles. The molecule has 7 heteroatoms. The maximum absolute atomic E-state index is 11.7. The van der Waals surface area contributed by atoms with Crippen LogP contribution >= 0.6 is 11.6 Å². The number of nitrogen functional groups attached to an aromatic ring is 1. The fourth-order valence-corrected chi connectivity index (χ4v) is 4.28. The molecule has 0 saturated carbocycles. The highest BCUT2D eigenvalue weighted by atomic mass is 35.5. The van der Waals surface area contributed by atoms with Gasteiger partial charge in [0.15, 0.2) is 0 Å². The van der Waals surface area contributed by atoms with Crippen LogP contribution in [0.1, 0.15) is 5.56 Å². The standard InChI is InChI=1S/C10H14ClNO3S2/c1-17(14,15)6-5-16(13)7-8-9(11)3-2-4-10(8)12/h2-4H,5-7,12H2,1H3. The molecule has 0 fully saturated rings. The summed E-state index contributed by atoms with van der Waals surface area (Å²) >= 11 is 5.93. The van der Waals surface area contributed by atoms with Gasteiger partial charge in [-0.05, 0) is 12.1 Å². The van der Waals surface area contributed by atoms with Crippen molar-refractivity contribution < 1.29 is 12.6 Å². The van der Waals surface area contributed by atoms with Gasteiger partial charge in [0.25, 0.3) is 0 Å². The molecule has 1 unspecified atom stereocenters. The Hall–Kier alpha value is -0.590. The second-order valence-electron chi connectivity index (χ2n) is 3.73. The van der Waals surface area contributed by atoms with E-state index >= 15 is 0 Å². The second-order valence-corrected chi connectivity index (χ2v) is 7.97. The van der Waals surface area contributed by atoms with Crippen LogP contribution in [0.4, 0.5) is 5.69 Å². The van der Waals surface area contributed by atoms with Gasteiger partial charge in [-0.1, -0.05) is 17.7 Å². The lowest BCUT2D eigenvalue weighted by Gasteiger charge is -2.07. The van der Waals surface area contributed by atoms with E-state index in [4.69, 9.17) is 17.3 Å². The van der Waals surface area contributed by atoms with Crippen LogP contribution in [0, 0.1) is 0 Å². The van der Waals surface area contributed by atoms with Gasteiger partial charge in [0.05, 0.1) is 11.5 Å². The van der Waals surface area contributed by atoms with Crippen molar-refractivity contribution >= 4 is 37.9 Å². The van der Waals surface area contributed by atoms with Crippen LogP contribution < -0.4 is 5.73 Å². The van der Waals surface area contributed by atoms with E-state index < -0.39 is 20.6 Å². The molecule has 0 spiro atoms. The van der Waals surface area contributed by atoms with Crippen molar-refractivity contribution in [3.63, 3.8) is 0 Å². The van der Waals surface area contributed by atoms with Crippen molar-refractivity contribution in [1.29, 1.82) is 0 Å². The Balaban J connectivity index is 2.69. The Morgan fingerprint density at radius 1 is 1.41 bits per heavy atom. The predicted molar refractivity (Wildman–Crippen MR) is 72.3 cm³/mol. The number of sulfone groups is 1. The minimum atomic E-state index is -3.09. The topological polar surface area (TPSA) is 77.2 Å². The van der Waals surface area contributed by atoms with E-state index in [1.807, 2.05) is 0 Å². The second kappa shape index (κ2) is 5.84. The van der Waals surface area contributed by atoms with Gasteiger partial charge in [-0.3, -0.25) is 4.21 Å². The normalized spacial score (nSPS) is 13.5. The van der Waals surface area contributed by atoms with Crippen molar-refractivity contribution in [2.24, 2.45) is 0 Å². The molecule has 2 N–H and O–H groups in total. The van der Waals surface area contributed by atoms with Crippen LogP contribution in [0.2, 0.25) is 5.02 Å². The molecular weight excluding hydrogens is 282 g/mol. The molecule has 0 saturated heterocycles. The molecule has 1 atom stereocenters. The molecule has 0 aliphatic rings. The molecule has 0 amide bonds. The van der Waals surface area contributed by atoms with Crippen LogP contribution in [0.25, 0.3) is 0 Å². The SMILES string of the molecule is CS(=O)(=O)CCS(=O)Cc1c(N)cccc1Cl. The van der Waals surface area contributed by atoms with Gasteiger partial charge < -0.3 is 5.73 Å². The summed E-state index contributed by atoms with van der Waals surface area (Å²) in [6, 6.07) is 5.05. The quantitative estimate of drug-likeness (QED) is 0.829. The van der Waals surface area contributed by atoms with Crippen LogP contribution in [0.5, 0.6) is 0 Å². The van der Waals surface area contributed by atoms with Gasteiger partial charge in [0, 0.05) is 39.1 Å². The zero-order valence-electron chi connectivity index (χ0n) is 9.35. The third-order valence-corrected chi connectivity index (χ3v) is 4.97. The van der Waals surface area contributed by atoms with Crippen molar-refractivity contribution in [3.8, 4) is 0 Å². The van der Waals surface area contributed by atoms with E-state index in [9.17, 15) is 12.6 Å². The fourth-order valence-electron chi connectivity index (χ4n) is 1.21. The predicted octanol–water partition coefficient (Wildman–Crippen LogP) is 1.22. The molecule has 17 heavy (non-hydrogen) atoms. The molecule has 0 aliphatic carbocycles. The number of rotatable bonds is 5. The van der Waals surface area contributed by atoms with Gasteiger partial charge in [-0.2, -0.15) is 0 Å². The van der Waals surface area contributed by atoms with Crippen LogP contribution in [0.15, 0.2) is 18.2 Å². The zero-order valence-corrected chi connectivity index (χ0v) is 11.7. The highest BCUT2D eigenvalue weighted by Gasteiger charge is 2.11. The maximum atomic E-state index is 11.7. The Morgan fingerprint density at radius 3 is 2.59 bits per heavy atom. The highest BCUT2D eigenvalue weighted by Crippen LogP contribution is 2.23. The molecule has 1 aromatic rings. The summed E-state index contributed by atoms with van der Waals surface area (Å²) in [5.41, 5.74) is 6.80. The lowest BCUT2D eigenvalue weighted by Crippen LogP contribution is -2.13. The fraction of sp³-hybridized carbons (Fsp3) is 0.400. The molecule has 0 aromatic heterocycles. The first-order chi connectivity index (χ1) is 7.79. The van der Waals surface area contributed by atoms with E-state index in [0.29, 0.717) is 16.3 Å². The molecule has 1 aromatic carbocycles. The lowest BCUT2D eigenvalue weighted by molar-refractivity contribution is 0.602. The molecule has 0 radical (unpaired) electrons. The number of hydrogen-bond acceptors (Lipinski definition) is 4. The average molecular weight is 296 g/mol. The van der Waals surface area contributed by atoms with Gasteiger partial charge in [0.1, 0.15) is 9.84 Å². The summed E-state index contributed by atoms with van der Waals surface area (Å²) in [5, 5.41) is 0.456. The van der Waals surface area contributed by atoms with Gasteiger partial charge in [-0.15, -0.1) is 0 Å². The summed E-state index contributed by atoms with van der Waals surface area (Å²) < 4.78 is 33.6. The number of hydrogen-bond donors (Lipinski definition) is 1. The van der Waals surface area contributed by atoms with Crippen molar-refractivity contribution in [1.82, 2.24) is 0 Å². The van der Waals surface area contributed by atoms with Crippen molar-refractivity contribution in [2.45, 2.75) is 5.75 Å². The number of halogens is 1. The van der Waals surface area contributed by atoms with Gasteiger partial charge in [-0.25, -0.2) is 8.42 Å². The minimum Gasteiger partial charge on any atom is -0.398 e. The molecule has 1 rings (SSSR count). The number of anilines is 1. The molecule has 4 nitrogen and oxygen atoms in total. The molecular formula is C10H14ClNO3S2. The first-order valence-corrected chi connectivity index (χ1v) is 8.78. The first-order valence-electron chi connectivity index (χ1n) is 4.85. The Labute approximate surface area is 109 Å². The zero-order chi connectivity index (χ0) is 13.1. The summed E-state index contributed by atoms with van der Waals surface area (Å²) in [6.07, 6.45) is 1.12. The van der Waals surface area contributed by atoms with E-state index in [-0.39, 0.29) is 17.3 Å².